The van der Waals surface area contributed by atoms with Crippen molar-refractivity contribution < 1.29 is 13.2 Å². The van der Waals surface area contributed by atoms with Gasteiger partial charge in [-0.05, 0) is 20.0 Å². The molecule has 0 aliphatic heterocycles. The molecule has 0 bridgehead atoms. The molecule has 1 heterocycles. The van der Waals surface area contributed by atoms with Crippen molar-refractivity contribution >= 4 is 33.0 Å². The van der Waals surface area contributed by atoms with Crippen LogP contribution in [0.5, 0.6) is 0 Å². The van der Waals surface area contributed by atoms with Crippen molar-refractivity contribution in [1.82, 2.24) is 10.0 Å². The molecule has 0 saturated heterocycles. The summed E-state index contributed by atoms with van der Waals surface area (Å²) in [4.78, 5) is 13.0. The van der Waals surface area contributed by atoms with E-state index in [1.54, 1.807) is 6.07 Å². The van der Waals surface area contributed by atoms with Gasteiger partial charge in [0.15, 0.2) is 0 Å². The number of hydrogen-bond donors (Lipinski definition) is 3. The van der Waals surface area contributed by atoms with Gasteiger partial charge in [-0.15, -0.1) is 11.3 Å². The summed E-state index contributed by atoms with van der Waals surface area (Å²) in [5, 5.41) is 2.53. The number of carbonyl (C=O) groups excluding carboxylic acids is 1. The van der Waals surface area contributed by atoms with Gasteiger partial charge >= 0.3 is 0 Å². The molecule has 1 aromatic heterocycles. The van der Waals surface area contributed by atoms with Crippen LogP contribution in [-0.2, 0) is 10.0 Å². The Hall–Kier alpha value is -1.12. The summed E-state index contributed by atoms with van der Waals surface area (Å²) in [7, 11) is -1.95. The highest BCUT2D eigenvalue weighted by molar-refractivity contribution is 7.89. The number of hydrogen-bond acceptors (Lipinski definition) is 5. The summed E-state index contributed by atoms with van der Waals surface area (Å²) in [5.74, 6) is -0.448. The highest BCUT2D eigenvalue weighted by atomic mass is 32.2. The number of amides is 1. The molecule has 0 atom stereocenters. The molecule has 17 heavy (non-hydrogen) atoms. The van der Waals surface area contributed by atoms with E-state index in [4.69, 9.17) is 5.73 Å². The van der Waals surface area contributed by atoms with Crippen LogP contribution in [0.15, 0.2) is 6.07 Å². The third kappa shape index (κ3) is 3.99. The SMILES string of the molecule is CNS(=O)(=O)CCNC(=O)c1cc(N)c(C)s1. The monoisotopic (exact) mass is 277 g/mol. The fourth-order valence-electron chi connectivity index (χ4n) is 1.10. The van der Waals surface area contributed by atoms with Crippen LogP contribution in [0, 0.1) is 6.92 Å². The van der Waals surface area contributed by atoms with E-state index in [1.165, 1.54) is 18.4 Å². The highest BCUT2D eigenvalue weighted by Crippen LogP contribution is 2.22. The van der Waals surface area contributed by atoms with Crippen LogP contribution in [0.25, 0.3) is 0 Å². The van der Waals surface area contributed by atoms with Crippen molar-refractivity contribution in [2.75, 3.05) is 25.1 Å². The van der Waals surface area contributed by atoms with E-state index in [2.05, 4.69) is 10.0 Å². The molecule has 0 aliphatic rings. The molecular formula is C9H15N3O3S2. The molecule has 1 amide bonds. The highest BCUT2D eigenvalue weighted by Gasteiger charge is 2.12. The summed E-state index contributed by atoms with van der Waals surface area (Å²) in [6.07, 6.45) is 0. The Bertz CT molecular complexity index is 488. The second-order valence-corrected chi connectivity index (χ2v) is 6.70. The minimum Gasteiger partial charge on any atom is -0.398 e. The number of anilines is 1. The lowest BCUT2D eigenvalue weighted by molar-refractivity contribution is 0.0960. The van der Waals surface area contributed by atoms with Gasteiger partial charge in [0.05, 0.1) is 10.6 Å². The minimum absolute atomic E-state index is 0.0683. The average Bonchev–Trinajstić information content (AvgIpc) is 2.59. The summed E-state index contributed by atoms with van der Waals surface area (Å²) >= 11 is 1.28. The maximum atomic E-state index is 11.6. The van der Waals surface area contributed by atoms with E-state index >= 15 is 0 Å². The first-order chi connectivity index (χ1) is 7.85. The van der Waals surface area contributed by atoms with E-state index in [-0.39, 0.29) is 18.2 Å². The Morgan fingerprint density at radius 2 is 2.18 bits per heavy atom. The number of thiophene rings is 1. The van der Waals surface area contributed by atoms with Gasteiger partial charge in [0.2, 0.25) is 10.0 Å². The van der Waals surface area contributed by atoms with Crippen LogP contribution in [-0.4, -0.2) is 33.7 Å². The first-order valence-electron chi connectivity index (χ1n) is 4.91. The Morgan fingerprint density at radius 1 is 1.53 bits per heavy atom. The molecule has 6 nitrogen and oxygen atoms in total. The minimum atomic E-state index is -3.29. The third-order valence-corrected chi connectivity index (χ3v) is 4.58. The van der Waals surface area contributed by atoms with Crippen molar-refractivity contribution in [2.24, 2.45) is 0 Å². The molecule has 0 aliphatic carbocycles. The van der Waals surface area contributed by atoms with Crippen molar-refractivity contribution in [3.63, 3.8) is 0 Å². The van der Waals surface area contributed by atoms with Gasteiger partial charge in [0.1, 0.15) is 0 Å². The lowest BCUT2D eigenvalue weighted by Crippen LogP contribution is -2.32. The Morgan fingerprint density at radius 3 is 2.65 bits per heavy atom. The molecule has 0 unspecified atom stereocenters. The maximum Gasteiger partial charge on any atom is 0.261 e. The first-order valence-corrected chi connectivity index (χ1v) is 7.38. The van der Waals surface area contributed by atoms with E-state index < -0.39 is 10.0 Å². The van der Waals surface area contributed by atoms with Gasteiger partial charge in [-0.1, -0.05) is 0 Å². The number of nitrogens with two attached hydrogens (primary N) is 1. The standard InChI is InChI=1S/C9H15N3O3S2/c1-6-7(10)5-8(16-6)9(13)12-3-4-17(14,15)11-2/h5,11H,3-4,10H2,1-2H3,(H,12,13). The van der Waals surface area contributed by atoms with Crippen LogP contribution in [0.2, 0.25) is 0 Å². The summed E-state index contributed by atoms with van der Waals surface area (Å²) < 4.78 is 24.4. The molecule has 96 valence electrons. The second kappa shape index (κ2) is 5.48. The predicted molar refractivity (Wildman–Crippen MR) is 68.6 cm³/mol. The summed E-state index contributed by atoms with van der Waals surface area (Å²) in [6.45, 7) is 1.89. The number of aryl methyl sites for hydroxylation is 1. The van der Waals surface area contributed by atoms with Crippen LogP contribution >= 0.6 is 11.3 Å². The van der Waals surface area contributed by atoms with Crippen molar-refractivity contribution in [2.45, 2.75) is 6.92 Å². The van der Waals surface area contributed by atoms with Crippen molar-refractivity contribution in [3.8, 4) is 0 Å². The van der Waals surface area contributed by atoms with E-state index in [0.717, 1.165) is 4.88 Å². The van der Waals surface area contributed by atoms with Gasteiger partial charge < -0.3 is 11.1 Å². The topological polar surface area (TPSA) is 101 Å². The molecule has 8 heteroatoms. The molecule has 0 aromatic carbocycles. The summed E-state index contributed by atoms with van der Waals surface area (Å²) in [6, 6.07) is 1.59. The number of rotatable bonds is 5. The van der Waals surface area contributed by atoms with Crippen LogP contribution < -0.4 is 15.8 Å². The fraction of sp³-hybridized carbons (Fsp3) is 0.444. The number of nitrogens with one attached hydrogen (secondary N) is 2. The van der Waals surface area contributed by atoms with E-state index in [1.807, 2.05) is 6.92 Å². The van der Waals surface area contributed by atoms with Crippen LogP contribution in [0.4, 0.5) is 5.69 Å². The second-order valence-electron chi connectivity index (χ2n) is 3.40. The Balaban J connectivity index is 2.51. The van der Waals surface area contributed by atoms with E-state index in [9.17, 15) is 13.2 Å². The number of carbonyl (C=O) groups is 1. The zero-order valence-electron chi connectivity index (χ0n) is 9.61. The zero-order valence-corrected chi connectivity index (χ0v) is 11.2. The van der Waals surface area contributed by atoms with E-state index in [0.29, 0.717) is 10.6 Å². The van der Waals surface area contributed by atoms with Crippen molar-refractivity contribution in [3.05, 3.63) is 15.8 Å². The molecule has 0 fully saturated rings. The van der Waals surface area contributed by atoms with Gasteiger partial charge in [-0.2, -0.15) is 0 Å². The molecule has 0 radical (unpaired) electrons. The van der Waals surface area contributed by atoms with Gasteiger partial charge in [-0.3, -0.25) is 4.79 Å². The first kappa shape index (κ1) is 13.9. The van der Waals surface area contributed by atoms with Gasteiger partial charge in [0.25, 0.3) is 5.91 Å². The molecular weight excluding hydrogens is 262 g/mol. The van der Waals surface area contributed by atoms with Crippen LogP contribution in [0.3, 0.4) is 0 Å². The van der Waals surface area contributed by atoms with Gasteiger partial charge in [-0.25, -0.2) is 13.1 Å². The Kier molecular flexibility index (Phi) is 4.49. The zero-order chi connectivity index (χ0) is 13.1. The molecule has 1 rings (SSSR count). The summed E-state index contributed by atoms with van der Waals surface area (Å²) in [5.41, 5.74) is 6.19. The lowest BCUT2D eigenvalue weighted by atomic mass is 10.3. The third-order valence-electron chi connectivity index (χ3n) is 2.15. The largest absolute Gasteiger partial charge is 0.398 e. The number of nitrogen functional groups attached to an aromatic ring is 1. The smallest absolute Gasteiger partial charge is 0.261 e. The quantitative estimate of drug-likeness (QED) is 0.700. The number of sulfonamides is 1. The maximum absolute atomic E-state index is 11.6. The van der Waals surface area contributed by atoms with Crippen molar-refractivity contribution in [1.29, 1.82) is 0 Å². The molecule has 4 N–H and O–H groups in total. The molecule has 0 spiro atoms. The predicted octanol–water partition coefficient (Wildman–Crippen LogP) is -0.0823. The normalized spacial score (nSPS) is 11.4. The molecule has 1 aromatic rings. The molecule has 0 saturated carbocycles. The fourth-order valence-corrected chi connectivity index (χ4v) is 2.53. The Labute approximate surface area is 104 Å². The van der Waals surface area contributed by atoms with Crippen LogP contribution in [0.1, 0.15) is 14.5 Å². The average molecular weight is 277 g/mol. The van der Waals surface area contributed by atoms with Gasteiger partial charge in [0, 0.05) is 17.1 Å². The lowest BCUT2D eigenvalue weighted by Gasteiger charge is -2.03.